The molecule has 2 aromatic carbocycles. The molecule has 0 aliphatic heterocycles. The van der Waals surface area contributed by atoms with Gasteiger partial charge >= 0.3 is 6.01 Å². The lowest BCUT2D eigenvalue weighted by Gasteiger charge is -2.03. The summed E-state index contributed by atoms with van der Waals surface area (Å²) in [6.07, 6.45) is 0.525. The summed E-state index contributed by atoms with van der Waals surface area (Å²) in [5.41, 5.74) is 6.70. The van der Waals surface area contributed by atoms with Crippen molar-refractivity contribution in [2.45, 2.75) is 20.3 Å². The smallest absolute Gasteiger partial charge is 0.322 e. The third-order valence-electron chi connectivity index (χ3n) is 4.21. The molecular weight excluding hydrogens is 348 g/mol. The maximum atomic E-state index is 12.4. The molecule has 6 nitrogen and oxygen atoms in total. The molecule has 0 radical (unpaired) electrons. The van der Waals surface area contributed by atoms with Gasteiger partial charge in [0.2, 0.25) is 5.89 Å². The second kappa shape index (κ2) is 6.68. The predicted molar refractivity (Wildman–Crippen MR) is 101 cm³/mol. The molecular formula is C19H16N4O2S. The number of benzene rings is 2. The van der Waals surface area contributed by atoms with Gasteiger partial charge in [0.1, 0.15) is 0 Å². The summed E-state index contributed by atoms with van der Waals surface area (Å²) in [5, 5.41) is 10.6. The van der Waals surface area contributed by atoms with E-state index < -0.39 is 0 Å². The highest BCUT2D eigenvalue weighted by atomic mass is 32.1. The molecule has 0 saturated carbocycles. The minimum atomic E-state index is -0.290. The summed E-state index contributed by atoms with van der Waals surface area (Å²) < 4.78 is 6.52. The van der Waals surface area contributed by atoms with Crippen molar-refractivity contribution >= 4 is 33.5 Å². The van der Waals surface area contributed by atoms with Crippen LogP contribution in [0.2, 0.25) is 0 Å². The van der Waals surface area contributed by atoms with Gasteiger partial charge in [0, 0.05) is 5.56 Å². The van der Waals surface area contributed by atoms with Crippen LogP contribution in [0.25, 0.3) is 10.2 Å². The van der Waals surface area contributed by atoms with Gasteiger partial charge < -0.3 is 4.42 Å². The van der Waals surface area contributed by atoms with Gasteiger partial charge in [-0.2, -0.15) is 0 Å². The quantitative estimate of drug-likeness (QED) is 0.589. The molecule has 0 spiro atoms. The molecule has 0 fully saturated rings. The highest BCUT2D eigenvalue weighted by molar-refractivity contribution is 7.16. The van der Waals surface area contributed by atoms with Crippen LogP contribution in [0.3, 0.4) is 0 Å². The van der Waals surface area contributed by atoms with E-state index in [4.69, 9.17) is 4.42 Å². The number of carbonyl (C=O) groups is 1. The second-order valence-corrected chi connectivity index (χ2v) is 6.97. The molecule has 2 aromatic heterocycles. The van der Waals surface area contributed by atoms with Crippen LogP contribution in [0.5, 0.6) is 0 Å². The summed E-state index contributed by atoms with van der Waals surface area (Å²) in [4.78, 5) is 16.6. The molecule has 130 valence electrons. The second-order valence-electron chi connectivity index (χ2n) is 6.09. The van der Waals surface area contributed by atoms with E-state index in [0.717, 1.165) is 15.8 Å². The Morgan fingerprint density at radius 1 is 1.12 bits per heavy atom. The minimum absolute atomic E-state index is 0.0956. The van der Waals surface area contributed by atoms with Crippen molar-refractivity contribution in [3.8, 4) is 0 Å². The Morgan fingerprint density at radius 3 is 2.85 bits per heavy atom. The average molecular weight is 364 g/mol. The summed E-state index contributed by atoms with van der Waals surface area (Å²) in [6.45, 7) is 4.14. The van der Waals surface area contributed by atoms with Crippen molar-refractivity contribution < 1.29 is 9.21 Å². The van der Waals surface area contributed by atoms with Crippen LogP contribution in [0.4, 0.5) is 6.01 Å². The normalized spacial score (nSPS) is 11.0. The fourth-order valence-electron chi connectivity index (χ4n) is 2.63. The zero-order valence-electron chi connectivity index (χ0n) is 14.3. The van der Waals surface area contributed by atoms with Crippen LogP contribution >= 0.6 is 11.3 Å². The first-order valence-electron chi connectivity index (χ1n) is 8.11. The molecule has 0 bridgehead atoms. The SMILES string of the molecule is Cc1ccc(Cc2nnc(NC(=O)c3ccc4ncsc4c3)o2)cc1C. The molecule has 0 aliphatic rings. The maximum Gasteiger partial charge on any atom is 0.322 e. The first-order valence-corrected chi connectivity index (χ1v) is 8.99. The van der Waals surface area contributed by atoms with Crippen molar-refractivity contribution in [1.82, 2.24) is 15.2 Å². The lowest BCUT2D eigenvalue weighted by Crippen LogP contribution is -2.11. The molecule has 2 heterocycles. The van der Waals surface area contributed by atoms with Crippen LogP contribution in [-0.4, -0.2) is 21.1 Å². The Hall–Kier alpha value is -3.06. The van der Waals surface area contributed by atoms with Crippen molar-refractivity contribution in [2.24, 2.45) is 0 Å². The average Bonchev–Trinajstić information content (AvgIpc) is 3.26. The Kier molecular flexibility index (Phi) is 4.22. The lowest BCUT2D eigenvalue weighted by atomic mass is 10.0. The van der Waals surface area contributed by atoms with Gasteiger partial charge in [-0.05, 0) is 48.7 Å². The fourth-order valence-corrected chi connectivity index (χ4v) is 3.35. The zero-order chi connectivity index (χ0) is 18.1. The number of nitrogens with one attached hydrogen (secondary N) is 1. The van der Waals surface area contributed by atoms with E-state index in [9.17, 15) is 4.79 Å². The summed E-state index contributed by atoms with van der Waals surface area (Å²) in [6, 6.07) is 11.6. The summed E-state index contributed by atoms with van der Waals surface area (Å²) >= 11 is 1.49. The number of anilines is 1. The molecule has 1 amide bonds. The fraction of sp³-hybridized carbons (Fsp3) is 0.158. The summed E-state index contributed by atoms with van der Waals surface area (Å²) in [5.74, 6) is 0.170. The number of aromatic nitrogens is 3. The van der Waals surface area contributed by atoms with Gasteiger partial charge in [0.25, 0.3) is 5.91 Å². The van der Waals surface area contributed by atoms with Gasteiger partial charge in [-0.3, -0.25) is 10.1 Å². The van der Waals surface area contributed by atoms with Crippen molar-refractivity contribution in [3.63, 3.8) is 0 Å². The van der Waals surface area contributed by atoms with E-state index in [2.05, 4.69) is 46.5 Å². The maximum absolute atomic E-state index is 12.4. The Labute approximate surface area is 153 Å². The van der Waals surface area contributed by atoms with E-state index in [0.29, 0.717) is 17.9 Å². The molecule has 0 atom stereocenters. The molecule has 0 saturated heterocycles. The van der Waals surface area contributed by atoms with Gasteiger partial charge in [0.05, 0.1) is 22.1 Å². The Morgan fingerprint density at radius 2 is 2.00 bits per heavy atom. The first kappa shape index (κ1) is 16.4. The summed E-state index contributed by atoms with van der Waals surface area (Å²) in [7, 11) is 0. The number of hydrogen-bond donors (Lipinski definition) is 1. The van der Waals surface area contributed by atoms with Gasteiger partial charge in [0.15, 0.2) is 0 Å². The van der Waals surface area contributed by atoms with Crippen molar-refractivity contribution in [1.29, 1.82) is 0 Å². The third kappa shape index (κ3) is 3.34. The van der Waals surface area contributed by atoms with E-state index >= 15 is 0 Å². The van der Waals surface area contributed by atoms with E-state index in [1.54, 1.807) is 17.6 Å². The highest BCUT2D eigenvalue weighted by Crippen LogP contribution is 2.20. The topological polar surface area (TPSA) is 80.9 Å². The number of aryl methyl sites for hydroxylation is 2. The number of amides is 1. The largest absolute Gasteiger partial charge is 0.407 e. The third-order valence-corrected chi connectivity index (χ3v) is 5.00. The van der Waals surface area contributed by atoms with E-state index in [1.807, 2.05) is 12.1 Å². The zero-order valence-corrected chi connectivity index (χ0v) is 15.1. The van der Waals surface area contributed by atoms with Crippen LogP contribution in [0.15, 0.2) is 46.3 Å². The standard InChI is InChI=1S/C19H16N4O2S/c1-11-3-4-13(7-12(11)2)8-17-22-23-19(25-17)21-18(24)14-5-6-15-16(9-14)26-10-20-15/h3-7,9-10H,8H2,1-2H3,(H,21,23,24). The van der Waals surface area contributed by atoms with Gasteiger partial charge in [-0.15, -0.1) is 16.4 Å². The monoisotopic (exact) mass is 364 g/mol. The predicted octanol–water partition coefficient (Wildman–Crippen LogP) is 4.14. The van der Waals surface area contributed by atoms with E-state index in [-0.39, 0.29) is 11.9 Å². The van der Waals surface area contributed by atoms with Crippen LogP contribution < -0.4 is 5.32 Å². The highest BCUT2D eigenvalue weighted by Gasteiger charge is 2.13. The Bertz CT molecular complexity index is 1100. The molecule has 4 aromatic rings. The molecule has 0 unspecified atom stereocenters. The minimum Gasteiger partial charge on any atom is -0.407 e. The van der Waals surface area contributed by atoms with Gasteiger partial charge in [-0.25, -0.2) is 4.98 Å². The van der Waals surface area contributed by atoms with Gasteiger partial charge in [-0.1, -0.05) is 23.3 Å². The van der Waals surface area contributed by atoms with Crippen LogP contribution in [0.1, 0.15) is 32.9 Å². The molecule has 7 heteroatoms. The molecule has 4 rings (SSSR count). The molecule has 0 aliphatic carbocycles. The first-order chi connectivity index (χ1) is 12.6. The molecule has 26 heavy (non-hydrogen) atoms. The number of nitrogens with zero attached hydrogens (tertiary/aromatic N) is 3. The number of carbonyl (C=O) groups excluding carboxylic acids is 1. The number of thiazole rings is 1. The molecule has 1 N–H and O–H groups in total. The number of hydrogen-bond acceptors (Lipinski definition) is 6. The Balaban J connectivity index is 1.47. The van der Waals surface area contributed by atoms with Crippen LogP contribution in [0, 0.1) is 13.8 Å². The number of fused-ring (bicyclic) bond motifs is 1. The van der Waals surface area contributed by atoms with E-state index in [1.165, 1.54) is 22.5 Å². The van der Waals surface area contributed by atoms with Crippen molar-refractivity contribution in [2.75, 3.05) is 5.32 Å². The lowest BCUT2D eigenvalue weighted by molar-refractivity contribution is 0.102. The number of rotatable bonds is 4. The van der Waals surface area contributed by atoms with Crippen molar-refractivity contribution in [3.05, 3.63) is 70.1 Å². The van der Waals surface area contributed by atoms with Crippen LogP contribution in [-0.2, 0) is 6.42 Å².